The number of hydrogen-bond acceptors (Lipinski definition) is 3. The summed E-state index contributed by atoms with van der Waals surface area (Å²) in [4.78, 5) is 11.6. The van der Waals surface area contributed by atoms with Crippen LogP contribution in [-0.2, 0) is 0 Å². The van der Waals surface area contributed by atoms with E-state index in [4.69, 9.17) is 22.1 Å². The molecule has 1 atom stereocenters. The number of hydrogen-bond donors (Lipinski definition) is 2. The van der Waals surface area contributed by atoms with Gasteiger partial charge in [-0.15, -0.1) is 0 Å². The Kier molecular flexibility index (Phi) is 4.32. The molecule has 0 aromatic heterocycles. The zero-order valence-corrected chi connectivity index (χ0v) is 12.8. The van der Waals surface area contributed by atoms with Gasteiger partial charge < -0.3 is 15.8 Å². The number of halogens is 1. The smallest absolute Gasteiger partial charge is 0.249 e. The van der Waals surface area contributed by atoms with Gasteiger partial charge in [0.1, 0.15) is 11.9 Å². The summed E-state index contributed by atoms with van der Waals surface area (Å²) < 4.78 is 5.96. The minimum Gasteiger partial charge on any atom is -0.489 e. The van der Waals surface area contributed by atoms with E-state index in [2.05, 4.69) is 5.32 Å². The van der Waals surface area contributed by atoms with Crippen molar-refractivity contribution in [3.8, 4) is 16.9 Å². The lowest BCUT2D eigenvalue weighted by Gasteiger charge is -2.14. The monoisotopic (exact) mass is 316 g/mol. The third-order valence-electron chi connectivity index (χ3n) is 3.71. The summed E-state index contributed by atoms with van der Waals surface area (Å²) in [6.45, 7) is 1.83. The summed E-state index contributed by atoms with van der Waals surface area (Å²) in [6.07, 6.45) is 1.18. The molecule has 0 bridgehead atoms. The van der Waals surface area contributed by atoms with E-state index < -0.39 is 5.91 Å². The molecule has 1 saturated heterocycles. The molecule has 1 amide bonds. The van der Waals surface area contributed by atoms with Crippen LogP contribution in [0, 0.1) is 0 Å². The van der Waals surface area contributed by atoms with Crippen molar-refractivity contribution in [3.05, 3.63) is 53.1 Å². The fraction of sp³-hybridized carbons (Fsp3) is 0.235. The van der Waals surface area contributed by atoms with E-state index in [1.54, 1.807) is 18.2 Å². The first-order valence-electron chi connectivity index (χ1n) is 7.20. The standard InChI is InChI=1S/C17H17ClN2O2/c18-12-4-5-15(17(19)21)16(9-12)11-2-1-3-13(8-11)22-14-6-7-20-10-14/h1-5,8-9,14,20H,6-7,10H2,(H2,19,21). The first-order valence-corrected chi connectivity index (χ1v) is 7.58. The minimum absolute atomic E-state index is 0.185. The molecule has 5 heteroatoms. The normalized spacial score (nSPS) is 17.4. The molecule has 2 aromatic carbocycles. The van der Waals surface area contributed by atoms with Crippen LogP contribution in [0.3, 0.4) is 0 Å². The molecule has 0 aliphatic carbocycles. The Hall–Kier alpha value is -2.04. The van der Waals surface area contributed by atoms with Crippen molar-refractivity contribution in [1.82, 2.24) is 5.32 Å². The van der Waals surface area contributed by atoms with Crippen LogP contribution in [-0.4, -0.2) is 25.1 Å². The van der Waals surface area contributed by atoms with Crippen molar-refractivity contribution in [1.29, 1.82) is 0 Å². The molecule has 114 valence electrons. The third-order valence-corrected chi connectivity index (χ3v) is 3.95. The summed E-state index contributed by atoms with van der Waals surface area (Å²) in [5.74, 6) is 0.305. The molecule has 1 aliphatic rings. The van der Waals surface area contributed by atoms with Gasteiger partial charge in [-0.05, 0) is 54.4 Å². The van der Waals surface area contributed by atoms with Crippen molar-refractivity contribution >= 4 is 17.5 Å². The Morgan fingerprint density at radius 3 is 2.86 bits per heavy atom. The van der Waals surface area contributed by atoms with E-state index in [0.29, 0.717) is 10.6 Å². The quantitative estimate of drug-likeness (QED) is 0.911. The molecule has 0 spiro atoms. The van der Waals surface area contributed by atoms with Crippen LogP contribution in [0.4, 0.5) is 0 Å². The highest BCUT2D eigenvalue weighted by molar-refractivity contribution is 6.31. The lowest BCUT2D eigenvalue weighted by atomic mass is 9.99. The predicted octanol–water partition coefficient (Wildman–Crippen LogP) is 2.85. The summed E-state index contributed by atoms with van der Waals surface area (Å²) >= 11 is 6.06. The lowest BCUT2D eigenvalue weighted by molar-refractivity contribution is 0.100. The van der Waals surface area contributed by atoms with Gasteiger partial charge in [0, 0.05) is 17.1 Å². The number of nitrogens with one attached hydrogen (secondary N) is 1. The van der Waals surface area contributed by atoms with Crippen molar-refractivity contribution in [2.75, 3.05) is 13.1 Å². The van der Waals surface area contributed by atoms with Gasteiger partial charge in [0.25, 0.3) is 0 Å². The Bertz CT molecular complexity index is 697. The molecule has 1 heterocycles. The van der Waals surface area contributed by atoms with Crippen LogP contribution in [0.5, 0.6) is 5.75 Å². The maximum absolute atomic E-state index is 11.6. The van der Waals surface area contributed by atoms with Gasteiger partial charge in [-0.2, -0.15) is 0 Å². The zero-order valence-electron chi connectivity index (χ0n) is 12.0. The van der Waals surface area contributed by atoms with Crippen molar-refractivity contribution in [3.63, 3.8) is 0 Å². The highest BCUT2D eigenvalue weighted by Gasteiger charge is 2.17. The van der Waals surface area contributed by atoms with Crippen LogP contribution in [0.15, 0.2) is 42.5 Å². The molecular formula is C17H17ClN2O2. The summed E-state index contributed by atoms with van der Waals surface area (Å²) in [6, 6.07) is 12.7. The fourth-order valence-corrected chi connectivity index (χ4v) is 2.80. The predicted molar refractivity (Wildman–Crippen MR) is 87.3 cm³/mol. The number of nitrogens with two attached hydrogens (primary N) is 1. The third kappa shape index (κ3) is 3.24. The molecule has 1 aliphatic heterocycles. The Morgan fingerprint density at radius 2 is 2.14 bits per heavy atom. The van der Waals surface area contributed by atoms with E-state index in [0.717, 1.165) is 36.4 Å². The van der Waals surface area contributed by atoms with Crippen LogP contribution in [0.25, 0.3) is 11.1 Å². The van der Waals surface area contributed by atoms with E-state index in [1.807, 2.05) is 24.3 Å². The fourth-order valence-electron chi connectivity index (χ4n) is 2.63. The second-order valence-corrected chi connectivity index (χ2v) is 5.75. The van der Waals surface area contributed by atoms with Gasteiger partial charge >= 0.3 is 0 Å². The molecule has 22 heavy (non-hydrogen) atoms. The topological polar surface area (TPSA) is 64.4 Å². The lowest BCUT2D eigenvalue weighted by Crippen LogP contribution is -2.19. The molecule has 2 aromatic rings. The largest absolute Gasteiger partial charge is 0.489 e. The van der Waals surface area contributed by atoms with E-state index in [1.165, 1.54) is 0 Å². The molecule has 0 radical (unpaired) electrons. The summed E-state index contributed by atoms with van der Waals surface area (Å²) in [5.41, 5.74) is 7.48. The van der Waals surface area contributed by atoms with Gasteiger partial charge in [0.05, 0.1) is 0 Å². The van der Waals surface area contributed by atoms with Gasteiger partial charge in [0.2, 0.25) is 5.91 Å². The van der Waals surface area contributed by atoms with Gasteiger partial charge in [-0.1, -0.05) is 23.7 Å². The average Bonchev–Trinajstić information content (AvgIpc) is 3.00. The van der Waals surface area contributed by atoms with Gasteiger partial charge in [0.15, 0.2) is 0 Å². The number of ether oxygens (including phenoxy) is 1. The number of benzene rings is 2. The van der Waals surface area contributed by atoms with Crippen LogP contribution in [0.1, 0.15) is 16.8 Å². The molecule has 3 N–H and O–H groups in total. The highest BCUT2D eigenvalue weighted by atomic mass is 35.5. The first kappa shape index (κ1) is 14.9. The number of primary amides is 1. The minimum atomic E-state index is -0.474. The Labute approximate surface area is 134 Å². The number of amides is 1. The second kappa shape index (κ2) is 6.38. The maximum Gasteiger partial charge on any atom is 0.249 e. The molecular weight excluding hydrogens is 300 g/mol. The molecule has 0 saturated carbocycles. The molecule has 1 unspecified atom stereocenters. The van der Waals surface area contributed by atoms with Gasteiger partial charge in [-0.25, -0.2) is 0 Å². The highest BCUT2D eigenvalue weighted by Crippen LogP contribution is 2.30. The van der Waals surface area contributed by atoms with E-state index in [-0.39, 0.29) is 6.10 Å². The summed E-state index contributed by atoms with van der Waals surface area (Å²) in [5, 5.41) is 3.83. The van der Waals surface area contributed by atoms with Crippen LogP contribution < -0.4 is 15.8 Å². The average molecular weight is 317 g/mol. The number of carbonyl (C=O) groups excluding carboxylic acids is 1. The van der Waals surface area contributed by atoms with E-state index >= 15 is 0 Å². The van der Waals surface area contributed by atoms with Crippen molar-refractivity contribution in [2.45, 2.75) is 12.5 Å². The first-order chi connectivity index (χ1) is 10.6. The second-order valence-electron chi connectivity index (χ2n) is 5.31. The Balaban J connectivity index is 1.94. The zero-order chi connectivity index (χ0) is 15.5. The number of rotatable bonds is 4. The Morgan fingerprint density at radius 1 is 1.27 bits per heavy atom. The SMILES string of the molecule is NC(=O)c1ccc(Cl)cc1-c1cccc(OC2CCNC2)c1. The maximum atomic E-state index is 11.6. The summed E-state index contributed by atoms with van der Waals surface area (Å²) in [7, 11) is 0. The van der Waals surface area contributed by atoms with Crippen LogP contribution >= 0.6 is 11.6 Å². The molecule has 4 nitrogen and oxygen atoms in total. The van der Waals surface area contributed by atoms with Crippen LogP contribution in [0.2, 0.25) is 5.02 Å². The molecule has 3 rings (SSSR count). The van der Waals surface area contributed by atoms with E-state index in [9.17, 15) is 4.79 Å². The van der Waals surface area contributed by atoms with Crippen molar-refractivity contribution in [2.24, 2.45) is 5.73 Å². The van der Waals surface area contributed by atoms with Crippen molar-refractivity contribution < 1.29 is 9.53 Å². The number of carbonyl (C=O) groups is 1. The van der Waals surface area contributed by atoms with Gasteiger partial charge in [-0.3, -0.25) is 4.79 Å². The molecule has 1 fully saturated rings.